The Bertz CT molecular complexity index is 575. The van der Waals surface area contributed by atoms with Gasteiger partial charge in [0, 0.05) is 0 Å². The molecule has 0 saturated carbocycles. The summed E-state index contributed by atoms with van der Waals surface area (Å²) in [5.41, 5.74) is 0. The molecule has 2 atom stereocenters. The molecule has 0 bridgehead atoms. The van der Waals surface area contributed by atoms with Gasteiger partial charge in [0.2, 0.25) is 0 Å². The maximum atomic E-state index is 12.6. The van der Waals surface area contributed by atoms with Crippen LogP contribution in [0.4, 0.5) is 0 Å². The maximum Gasteiger partial charge on any atom is 0.538 e. The predicted molar refractivity (Wildman–Crippen MR) is 82.2 cm³/mol. The van der Waals surface area contributed by atoms with Crippen LogP contribution < -0.4 is 0 Å². The van der Waals surface area contributed by atoms with Crippen molar-refractivity contribution >= 4 is 31.3 Å². The standard InChI is InChI=1S/C6H18O19P4/c1-11-17-26(7,18-12-2)23-28(9,21-15-5)25-29(10,22-16-6)24-27(8,19-13-3)20-14-4/h1-6H3. The fourth-order valence-corrected chi connectivity index (χ4v) is 6.81. The number of hydrogen-bond donors (Lipinski definition) is 0. The summed E-state index contributed by atoms with van der Waals surface area (Å²) in [4.78, 5) is 24.4. The molecule has 0 aliphatic rings. The van der Waals surface area contributed by atoms with Crippen LogP contribution >= 0.6 is 31.3 Å². The summed E-state index contributed by atoms with van der Waals surface area (Å²) < 4.78 is 87.4. The van der Waals surface area contributed by atoms with Gasteiger partial charge < -0.3 is 0 Å². The van der Waals surface area contributed by atoms with Crippen molar-refractivity contribution in [3.05, 3.63) is 0 Å². The second kappa shape index (κ2) is 13.7. The molecule has 0 rings (SSSR count). The van der Waals surface area contributed by atoms with Gasteiger partial charge in [-0.05, 0) is 0 Å². The Morgan fingerprint density at radius 3 is 0.724 bits per heavy atom. The van der Waals surface area contributed by atoms with Crippen molar-refractivity contribution in [2.24, 2.45) is 0 Å². The van der Waals surface area contributed by atoms with Gasteiger partial charge in [-0.15, -0.1) is 28.0 Å². The highest BCUT2D eigenvalue weighted by atomic mass is 31.3. The molecule has 0 spiro atoms. The van der Waals surface area contributed by atoms with E-state index < -0.39 is 31.3 Å². The molecule has 0 aromatic carbocycles. The Kier molecular flexibility index (Phi) is 13.8. The third-order valence-electron chi connectivity index (χ3n) is 1.59. The largest absolute Gasteiger partial charge is 0.538 e. The van der Waals surface area contributed by atoms with Gasteiger partial charge in [0.15, 0.2) is 0 Å². The van der Waals surface area contributed by atoms with Crippen LogP contribution in [0.3, 0.4) is 0 Å². The van der Waals surface area contributed by atoms with E-state index in [0.29, 0.717) is 0 Å². The second-order valence-electron chi connectivity index (χ2n) is 3.48. The van der Waals surface area contributed by atoms with Crippen molar-refractivity contribution in [3.8, 4) is 0 Å². The van der Waals surface area contributed by atoms with Crippen LogP contribution in [0.1, 0.15) is 0 Å². The van der Waals surface area contributed by atoms with Crippen molar-refractivity contribution in [1.29, 1.82) is 0 Å². The average molecular weight is 518 g/mol. The molecule has 19 nitrogen and oxygen atoms in total. The highest BCUT2D eigenvalue weighted by molar-refractivity contribution is 7.70. The van der Waals surface area contributed by atoms with Crippen molar-refractivity contribution < 1.29 is 88.6 Å². The molecule has 29 heavy (non-hydrogen) atoms. The van der Waals surface area contributed by atoms with Gasteiger partial charge in [-0.1, -0.05) is 0 Å². The first-order chi connectivity index (χ1) is 13.5. The summed E-state index contributed by atoms with van der Waals surface area (Å²) in [5.74, 6) is 0. The quantitative estimate of drug-likeness (QED) is 0.145. The van der Waals surface area contributed by atoms with Crippen molar-refractivity contribution in [2.75, 3.05) is 42.7 Å². The molecule has 0 saturated heterocycles. The Balaban J connectivity index is 5.89. The van der Waals surface area contributed by atoms with Gasteiger partial charge in [-0.25, -0.2) is 47.6 Å². The highest BCUT2D eigenvalue weighted by Gasteiger charge is 2.54. The van der Waals surface area contributed by atoms with Gasteiger partial charge in [0.1, 0.15) is 0 Å². The lowest BCUT2D eigenvalue weighted by Gasteiger charge is -2.23. The molecule has 2 unspecified atom stereocenters. The van der Waals surface area contributed by atoms with Crippen LogP contribution in [0.15, 0.2) is 0 Å². The summed E-state index contributed by atoms with van der Waals surface area (Å²) >= 11 is 0. The first kappa shape index (κ1) is 29.3. The Labute approximate surface area is 163 Å². The summed E-state index contributed by atoms with van der Waals surface area (Å²) in [6.45, 7) is 0. The molecule has 0 fully saturated rings. The van der Waals surface area contributed by atoms with E-state index in [-0.39, 0.29) is 0 Å². The monoisotopic (exact) mass is 518 g/mol. The average Bonchev–Trinajstić information content (AvgIpc) is 2.54. The lowest BCUT2D eigenvalue weighted by molar-refractivity contribution is -0.259. The number of hydrogen-bond acceptors (Lipinski definition) is 19. The molecule has 176 valence electrons. The van der Waals surface area contributed by atoms with Gasteiger partial charge in [-0.2, -0.15) is 12.9 Å². The summed E-state index contributed by atoms with van der Waals surface area (Å²) in [7, 11) is -16.1. The van der Waals surface area contributed by atoms with Crippen LogP contribution in [0.5, 0.6) is 0 Å². The molecule has 0 aliphatic carbocycles. The van der Waals surface area contributed by atoms with Gasteiger partial charge in [0.05, 0.1) is 42.7 Å². The molecule has 0 aromatic heterocycles. The topological polar surface area (TPSA) is 207 Å². The fourth-order valence-electron chi connectivity index (χ4n) is 1.08. The second-order valence-corrected chi connectivity index (χ2v) is 9.91. The zero-order chi connectivity index (χ0) is 22.6. The van der Waals surface area contributed by atoms with E-state index >= 15 is 0 Å². The lowest BCUT2D eigenvalue weighted by atomic mass is 11.8. The van der Waals surface area contributed by atoms with Crippen LogP contribution in [0, 0.1) is 0 Å². The third-order valence-corrected chi connectivity index (χ3v) is 8.38. The molecule has 0 heterocycles. The van der Waals surface area contributed by atoms with Crippen LogP contribution in [-0.4, -0.2) is 42.7 Å². The zero-order valence-electron chi connectivity index (χ0n) is 15.5. The Morgan fingerprint density at radius 2 is 0.517 bits per heavy atom. The summed E-state index contributed by atoms with van der Waals surface area (Å²) in [5, 5.41) is 0. The predicted octanol–water partition coefficient (Wildman–Crippen LogP) is 2.94. The lowest BCUT2D eigenvalue weighted by Crippen LogP contribution is -2.06. The van der Waals surface area contributed by atoms with E-state index in [2.05, 4.69) is 70.3 Å². The van der Waals surface area contributed by atoms with Gasteiger partial charge in [-0.3, -0.25) is 0 Å². The Morgan fingerprint density at radius 1 is 0.345 bits per heavy atom. The summed E-state index contributed by atoms with van der Waals surface area (Å²) in [6.07, 6.45) is 0. The van der Waals surface area contributed by atoms with E-state index in [1.165, 1.54) is 0 Å². The van der Waals surface area contributed by atoms with Crippen LogP contribution in [0.2, 0.25) is 0 Å². The maximum absolute atomic E-state index is 12.6. The van der Waals surface area contributed by atoms with Crippen molar-refractivity contribution in [1.82, 2.24) is 0 Å². The van der Waals surface area contributed by atoms with E-state index in [1.54, 1.807) is 0 Å². The molecule has 23 heteroatoms. The van der Waals surface area contributed by atoms with Gasteiger partial charge in [0.25, 0.3) is 0 Å². The minimum Gasteiger partial charge on any atom is -0.230 e. The van der Waals surface area contributed by atoms with E-state index in [0.717, 1.165) is 42.7 Å². The minimum atomic E-state index is -5.48. The van der Waals surface area contributed by atoms with Crippen molar-refractivity contribution in [3.63, 3.8) is 0 Å². The molecule has 0 aliphatic heterocycles. The molecule has 0 amide bonds. The first-order valence-electron chi connectivity index (χ1n) is 6.37. The van der Waals surface area contributed by atoms with Gasteiger partial charge >= 0.3 is 31.3 Å². The van der Waals surface area contributed by atoms with E-state index in [4.69, 9.17) is 0 Å². The molecular formula is C6H18O19P4. The minimum absolute atomic E-state index is 0.772. The molecular weight excluding hydrogens is 500 g/mol. The normalized spacial score (nSPS) is 17.0. The SMILES string of the molecule is COOP(=O)(OOC)OP(=O)(OOC)OP(=O)(OOC)OP(=O)(OOC)OOC. The molecule has 0 radical (unpaired) electrons. The third kappa shape index (κ3) is 11.0. The van der Waals surface area contributed by atoms with E-state index in [1.807, 2.05) is 0 Å². The van der Waals surface area contributed by atoms with E-state index in [9.17, 15) is 18.3 Å². The highest BCUT2D eigenvalue weighted by Crippen LogP contribution is 2.76. The smallest absolute Gasteiger partial charge is 0.230 e. The van der Waals surface area contributed by atoms with Crippen molar-refractivity contribution in [2.45, 2.75) is 0 Å². The Hall–Kier alpha value is 0.320. The fraction of sp³-hybridized carbons (Fsp3) is 1.00. The number of phosphoric acid groups is 4. The zero-order valence-corrected chi connectivity index (χ0v) is 19.1. The first-order valence-corrected chi connectivity index (χ1v) is 12.2. The number of rotatable bonds is 18. The summed E-state index contributed by atoms with van der Waals surface area (Å²) in [6, 6.07) is 0. The molecule has 0 aromatic rings. The molecule has 0 N–H and O–H groups in total. The van der Waals surface area contributed by atoms with Crippen LogP contribution in [0.25, 0.3) is 0 Å². The van der Waals surface area contributed by atoms with Crippen LogP contribution in [-0.2, 0) is 88.6 Å².